The Balaban J connectivity index is 1.66. The molecule has 166 valence electrons. The van der Waals surface area contributed by atoms with Crippen molar-refractivity contribution < 1.29 is 22.7 Å². The number of hydrogen-bond acceptors (Lipinski definition) is 5. The maximum absolute atomic E-state index is 13.4. The number of sulfonamides is 1. The second-order valence-electron chi connectivity index (χ2n) is 7.91. The van der Waals surface area contributed by atoms with E-state index >= 15 is 0 Å². The predicted octanol–water partition coefficient (Wildman–Crippen LogP) is 3.47. The lowest BCUT2D eigenvalue weighted by molar-refractivity contribution is 0.0735. The average molecular weight is 445 g/mol. The molecule has 2 saturated heterocycles. The molecule has 2 aliphatic rings. The molecule has 2 aromatic rings. The van der Waals surface area contributed by atoms with Crippen LogP contribution in [0.3, 0.4) is 0 Å². The highest BCUT2D eigenvalue weighted by molar-refractivity contribution is 7.89. The normalized spacial score (nSPS) is 19.5. The first kappa shape index (κ1) is 21.6. The van der Waals surface area contributed by atoms with Crippen molar-refractivity contribution in [2.75, 3.05) is 33.9 Å². The molecule has 2 aromatic carbocycles. The van der Waals surface area contributed by atoms with Crippen LogP contribution in [0.2, 0.25) is 0 Å². The van der Waals surface area contributed by atoms with Crippen molar-refractivity contribution in [3.63, 3.8) is 0 Å². The third-order valence-electron chi connectivity index (χ3n) is 6.09. The predicted molar refractivity (Wildman–Crippen MR) is 117 cm³/mol. The van der Waals surface area contributed by atoms with Gasteiger partial charge in [-0.2, -0.15) is 4.31 Å². The van der Waals surface area contributed by atoms with E-state index in [9.17, 15) is 13.2 Å². The molecule has 0 saturated carbocycles. The van der Waals surface area contributed by atoms with E-state index in [1.165, 1.54) is 17.5 Å². The third-order valence-corrected chi connectivity index (χ3v) is 8.01. The largest absolute Gasteiger partial charge is 0.497 e. The van der Waals surface area contributed by atoms with Gasteiger partial charge in [-0.1, -0.05) is 12.1 Å². The number of amides is 1. The Morgan fingerprint density at radius 3 is 2.45 bits per heavy atom. The van der Waals surface area contributed by atoms with Crippen molar-refractivity contribution >= 4 is 15.9 Å². The summed E-state index contributed by atoms with van der Waals surface area (Å²) in [6.45, 7) is 1.61. The zero-order valence-corrected chi connectivity index (χ0v) is 18.7. The standard InChI is InChI=1S/C23H28N2O5S/c1-29-19-8-5-7-17(15-19)20-9-6-14-25(20)23(26)18-10-11-21(30-2)22(16-18)31(27,28)24-12-3-4-13-24/h5,7-8,10-11,15-16,20H,3-4,6,9,12-14H2,1-2H3. The Labute approximate surface area is 183 Å². The van der Waals surface area contributed by atoms with Crippen molar-refractivity contribution in [1.82, 2.24) is 9.21 Å². The van der Waals surface area contributed by atoms with E-state index in [4.69, 9.17) is 9.47 Å². The molecule has 2 heterocycles. The Morgan fingerprint density at radius 1 is 0.968 bits per heavy atom. The van der Waals surface area contributed by atoms with Crippen LogP contribution in [0.25, 0.3) is 0 Å². The smallest absolute Gasteiger partial charge is 0.254 e. The minimum Gasteiger partial charge on any atom is -0.497 e. The zero-order valence-electron chi connectivity index (χ0n) is 17.9. The summed E-state index contributed by atoms with van der Waals surface area (Å²) < 4.78 is 38.5. The summed E-state index contributed by atoms with van der Waals surface area (Å²) in [4.78, 5) is 15.3. The molecule has 0 N–H and O–H groups in total. The number of nitrogens with zero attached hydrogens (tertiary/aromatic N) is 2. The van der Waals surface area contributed by atoms with Gasteiger partial charge in [0.1, 0.15) is 16.4 Å². The molecule has 1 atom stereocenters. The number of carbonyl (C=O) groups excluding carboxylic acids is 1. The molecule has 0 spiro atoms. The fourth-order valence-electron chi connectivity index (χ4n) is 4.45. The monoisotopic (exact) mass is 444 g/mol. The summed E-state index contributed by atoms with van der Waals surface area (Å²) in [6, 6.07) is 12.4. The van der Waals surface area contributed by atoms with E-state index < -0.39 is 10.0 Å². The van der Waals surface area contributed by atoms with Crippen molar-refractivity contribution in [2.45, 2.75) is 36.6 Å². The average Bonchev–Trinajstić information content (AvgIpc) is 3.51. The van der Waals surface area contributed by atoms with Gasteiger partial charge in [0.05, 0.1) is 20.3 Å². The minimum atomic E-state index is -3.71. The van der Waals surface area contributed by atoms with Gasteiger partial charge >= 0.3 is 0 Å². The molecule has 8 heteroatoms. The highest BCUT2D eigenvalue weighted by Crippen LogP contribution is 2.36. The minimum absolute atomic E-state index is 0.0554. The van der Waals surface area contributed by atoms with Crippen LogP contribution in [-0.2, 0) is 10.0 Å². The molecule has 0 aromatic heterocycles. The first-order chi connectivity index (χ1) is 15.0. The van der Waals surface area contributed by atoms with E-state index in [0.717, 1.165) is 37.0 Å². The number of rotatable bonds is 6. The number of carbonyl (C=O) groups is 1. The van der Waals surface area contributed by atoms with Crippen LogP contribution in [0.4, 0.5) is 0 Å². The van der Waals surface area contributed by atoms with Gasteiger partial charge in [0.15, 0.2) is 0 Å². The van der Waals surface area contributed by atoms with Crippen LogP contribution >= 0.6 is 0 Å². The lowest BCUT2D eigenvalue weighted by Crippen LogP contribution is -2.31. The molecule has 0 radical (unpaired) electrons. The molecule has 31 heavy (non-hydrogen) atoms. The maximum atomic E-state index is 13.4. The van der Waals surface area contributed by atoms with Crippen molar-refractivity contribution in [3.05, 3.63) is 53.6 Å². The number of hydrogen-bond donors (Lipinski definition) is 0. The Kier molecular flexibility index (Phi) is 6.20. The van der Waals surface area contributed by atoms with Crippen LogP contribution < -0.4 is 9.47 Å². The number of methoxy groups -OCH3 is 2. The van der Waals surface area contributed by atoms with E-state index in [0.29, 0.717) is 25.2 Å². The van der Waals surface area contributed by atoms with Gasteiger partial charge in [-0.3, -0.25) is 4.79 Å². The fraction of sp³-hybridized carbons (Fsp3) is 0.435. The molecule has 4 rings (SSSR count). The summed E-state index contributed by atoms with van der Waals surface area (Å²) in [7, 11) is -0.650. The Morgan fingerprint density at radius 2 is 1.74 bits per heavy atom. The van der Waals surface area contributed by atoms with Crippen molar-refractivity contribution in [3.8, 4) is 11.5 Å². The Hall–Kier alpha value is -2.58. The van der Waals surface area contributed by atoms with Crippen LogP contribution in [0.1, 0.15) is 47.6 Å². The van der Waals surface area contributed by atoms with Gasteiger partial charge in [0, 0.05) is 25.2 Å². The molecule has 0 bridgehead atoms. The summed E-state index contributed by atoms with van der Waals surface area (Å²) in [6.07, 6.45) is 3.43. The highest BCUT2D eigenvalue weighted by Gasteiger charge is 2.34. The lowest BCUT2D eigenvalue weighted by Gasteiger charge is -2.26. The topological polar surface area (TPSA) is 76.1 Å². The zero-order chi connectivity index (χ0) is 22.0. The molecular formula is C23H28N2O5S. The third kappa shape index (κ3) is 4.14. The molecular weight excluding hydrogens is 416 g/mol. The quantitative estimate of drug-likeness (QED) is 0.682. The van der Waals surface area contributed by atoms with E-state index in [-0.39, 0.29) is 22.6 Å². The van der Waals surface area contributed by atoms with E-state index in [2.05, 4.69) is 0 Å². The highest BCUT2D eigenvalue weighted by atomic mass is 32.2. The molecule has 7 nitrogen and oxygen atoms in total. The second-order valence-corrected chi connectivity index (χ2v) is 9.82. The summed E-state index contributed by atoms with van der Waals surface area (Å²) in [5.41, 5.74) is 1.37. The van der Waals surface area contributed by atoms with Gasteiger partial charge < -0.3 is 14.4 Å². The van der Waals surface area contributed by atoms with Crippen molar-refractivity contribution in [2.24, 2.45) is 0 Å². The van der Waals surface area contributed by atoms with Gasteiger partial charge in [0.25, 0.3) is 5.91 Å². The molecule has 0 aliphatic carbocycles. The molecule has 1 unspecified atom stereocenters. The summed E-state index contributed by atoms with van der Waals surface area (Å²) in [5.74, 6) is 0.834. The first-order valence-electron chi connectivity index (χ1n) is 10.6. The maximum Gasteiger partial charge on any atom is 0.254 e. The van der Waals surface area contributed by atoms with E-state index in [1.54, 1.807) is 19.2 Å². The van der Waals surface area contributed by atoms with Crippen LogP contribution in [0, 0.1) is 0 Å². The molecule has 2 aliphatic heterocycles. The van der Waals surface area contributed by atoms with Gasteiger partial charge in [-0.05, 0) is 61.6 Å². The van der Waals surface area contributed by atoms with Crippen LogP contribution in [0.5, 0.6) is 11.5 Å². The second kappa shape index (κ2) is 8.88. The van der Waals surface area contributed by atoms with Crippen molar-refractivity contribution in [1.29, 1.82) is 0 Å². The van der Waals surface area contributed by atoms with E-state index in [1.807, 2.05) is 29.2 Å². The Bertz CT molecular complexity index is 1060. The molecule has 2 fully saturated rings. The van der Waals surface area contributed by atoms with Crippen LogP contribution in [-0.4, -0.2) is 57.4 Å². The van der Waals surface area contributed by atoms with Crippen LogP contribution in [0.15, 0.2) is 47.4 Å². The number of ether oxygens (including phenoxy) is 2. The number of benzene rings is 2. The SMILES string of the molecule is COc1cccc(C2CCCN2C(=O)c2ccc(OC)c(S(=O)(=O)N3CCCC3)c2)c1. The van der Waals surface area contributed by atoms with Gasteiger partial charge in [-0.25, -0.2) is 8.42 Å². The summed E-state index contributed by atoms with van der Waals surface area (Å²) in [5, 5.41) is 0. The fourth-order valence-corrected chi connectivity index (χ4v) is 6.15. The van der Waals surface area contributed by atoms with Gasteiger partial charge in [0.2, 0.25) is 10.0 Å². The first-order valence-corrected chi connectivity index (χ1v) is 12.0. The summed E-state index contributed by atoms with van der Waals surface area (Å²) >= 11 is 0. The lowest BCUT2D eigenvalue weighted by atomic mass is 10.0. The van der Waals surface area contributed by atoms with Gasteiger partial charge in [-0.15, -0.1) is 0 Å². The number of likely N-dealkylation sites (tertiary alicyclic amines) is 1. The molecule has 1 amide bonds.